The highest BCUT2D eigenvalue weighted by Gasteiger charge is 2.40. The van der Waals surface area contributed by atoms with Crippen LogP contribution in [-0.4, -0.2) is 58.8 Å². The number of hydrogen-bond donors (Lipinski definition) is 3. The molecule has 8 nitrogen and oxygen atoms in total. The van der Waals surface area contributed by atoms with E-state index in [-0.39, 0.29) is 13.0 Å². The molecule has 2 aliphatic rings. The summed E-state index contributed by atoms with van der Waals surface area (Å²) in [4.78, 5) is 37.3. The van der Waals surface area contributed by atoms with Crippen molar-refractivity contribution in [1.82, 2.24) is 15.5 Å². The van der Waals surface area contributed by atoms with Crippen molar-refractivity contribution in [3.63, 3.8) is 0 Å². The Hall–Kier alpha value is -2.09. The van der Waals surface area contributed by atoms with Gasteiger partial charge in [-0.25, -0.2) is 9.59 Å². The first-order valence-electron chi connectivity index (χ1n) is 7.64. The van der Waals surface area contributed by atoms with E-state index in [0.29, 0.717) is 18.7 Å². The number of alkyl carbamates (subject to hydrolysis) is 1. The number of amides is 2. The lowest BCUT2D eigenvalue weighted by molar-refractivity contribution is -0.148. The first-order chi connectivity index (χ1) is 10.7. The lowest BCUT2D eigenvalue weighted by atomic mass is 10.1. The highest BCUT2D eigenvalue weighted by Crippen LogP contribution is 2.26. The van der Waals surface area contributed by atoms with Gasteiger partial charge in [0.15, 0.2) is 0 Å². The largest absolute Gasteiger partial charge is 0.480 e. The Morgan fingerprint density at radius 1 is 1.43 bits per heavy atom. The molecule has 0 aromatic rings. The van der Waals surface area contributed by atoms with Crippen molar-refractivity contribution >= 4 is 18.0 Å². The fourth-order valence-electron chi connectivity index (χ4n) is 2.66. The molecule has 2 heterocycles. The van der Waals surface area contributed by atoms with Gasteiger partial charge in [-0.3, -0.25) is 4.79 Å². The Morgan fingerprint density at radius 3 is 2.74 bits per heavy atom. The Kier molecular flexibility index (Phi) is 4.93. The van der Waals surface area contributed by atoms with Crippen LogP contribution in [0.3, 0.4) is 0 Å². The van der Waals surface area contributed by atoms with Crippen LogP contribution < -0.4 is 10.6 Å². The second kappa shape index (κ2) is 6.57. The van der Waals surface area contributed by atoms with Gasteiger partial charge in [-0.05, 0) is 33.6 Å². The van der Waals surface area contributed by atoms with Crippen LogP contribution in [0.5, 0.6) is 0 Å². The number of nitrogens with one attached hydrogen (secondary N) is 2. The SMILES string of the molecule is CC(C)(C)OC(=O)NC1CNCCC2=CCC(C(=O)O)N2C1=O. The number of nitrogens with zero attached hydrogens (tertiary/aromatic N) is 1. The van der Waals surface area contributed by atoms with Crippen molar-refractivity contribution in [3.8, 4) is 0 Å². The Bertz CT molecular complexity index is 538. The van der Waals surface area contributed by atoms with Gasteiger partial charge in [-0.2, -0.15) is 0 Å². The quantitative estimate of drug-likeness (QED) is 0.680. The molecule has 0 saturated carbocycles. The van der Waals surface area contributed by atoms with Crippen molar-refractivity contribution < 1.29 is 24.2 Å². The number of hydrogen-bond acceptors (Lipinski definition) is 5. The zero-order chi connectivity index (χ0) is 17.2. The van der Waals surface area contributed by atoms with Crippen molar-refractivity contribution in [2.45, 2.75) is 51.3 Å². The van der Waals surface area contributed by atoms with E-state index in [1.54, 1.807) is 26.8 Å². The molecule has 2 aliphatic heterocycles. The van der Waals surface area contributed by atoms with Gasteiger partial charge in [0, 0.05) is 18.8 Å². The molecule has 0 bridgehead atoms. The number of carboxylic acids is 1. The molecule has 0 spiro atoms. The topological polar surface area (TPSA) is 108 Å². The van der Waals surface area contributed by atoms with Gasteiger partial charge in [-0.15, -0.1) is 0 Å². The molecule has 2 unspecified atom stereocenters. The molecular formula is C15H23N3O5. The van der Waals surface area contributed by atoms with E-state index in [4.69, 9.17) is 4.74 Å². The van der Waals surface area contributed by atoms with Gasteiger partial charge < -0.3 is 25.4 Å². The minimum Gasteiger partial charge on any atom is -0.480 e. The molecule has 2 rings (SSSR count). The summed E-state index contributed by atoms with van der Waals surface area (Å²) in [5.41, 5.74) is 0.00962. The molecular weight excluding hydrogens is 302 g/mol. The first-order valence-corrected chi connectivity index (χ1v) is 7.64. The number of carbonyl (C=O) groups excluding carboxylic acids is 2. The molecule has 0 aromatic carbocycles. The number of ether oxygens (including phenoxy) is 1. The average molecular weight is 325 g/mol. The standard InChI is InChI=1S/C15H23N3O5/c1-15(2,3)23-14(22)17-10-8-16-7-6-9-4-5-11(13(20)21)18(9)12(10)19/h4,10-11,16H,5-8H2,1-3H3,(H,17,22)(H,20,21). The normalized spacial score (nSPS) is 25.1. The summed E-state index contributed by atoms with van der Waals surface area (Å²) in [6.07, 6.45) is 1.94. The predicted molar refractivity (Wildman–Crippen MR) is 81.6 cm³/mol. The van der Waals surface area contributed by atoms with Gasteiger partial charge in [-0.1, -0.05) is 6.08 Å². The summed E-state index contributed by atoms with van der Waals surface area (Å²) in [5, 5.41) is 14.9. The van der Waals surface area contributed by atoms with Gasteiger partial charge in [0.05, 0.1) is 0 Å². The second-order valence-corrected chi connectivity index (χ2v) is 6.65. The zero-order valence-corrected chi connectivity index (χ0v) is 13.6. The summed E-state index contributed by atoms with van der Waals surface area (Å²) in [7, 11) is 0. The molecule has 2 amide bonds. The number of carbonyl (C=O) groups is 3. The van der Waals surface area contributed by atoms with Crippen LogP contribution in [0.2, 0.25) is 0 Å². The van der Waals surface area contributed by atoms with E-state index >= 15 is 0 Å². The monoisotopic (exact) mass is 325 g/mol. The van der Waals surface area contributed by atoms with Crippen molar-refractivity contribution in [3.05, 3.63) is 11.8 Å². The zero-order valence-electron chi connectivity index (χ0n) is 13.6. The lowest BCUT2D eigenvalue weighted by Gasteiger charge is -2.32. The molecule has 2 atom stereocenters. The van der Waals surface area contributed by atoms with E-state index in [9.17, 15) is 19.5 Å². The third-order valence-corrected chi connectivity index (χ3v) is 3.62. The third-order valence-electron chi connectivity index (χ3n) is 3.62. The summed E-state index contributed by atoms with van der Waals surface area (Å²) in [6.45, 7) is 6.02. The van der Waals surface area contributed by atoms with Crippen LogP contribution >= 0.6 is 0 Å². The first kappa shape index (κ1) is 17.3. The molecule has 1 fully saturated rings. The van der Waals surface area contributed by atoms with Gasteiger partial charge in [0.25, 0.3) is 5.91 Å². The molecule has 0 aromatic heterocycles. The van der Waals surface area contributed by atoms with Crippen LogP contribution in [0.25, 0.3) is 0 Å². The molecule has 3 N–H and O–H groups in total. The van der Waals surface area contributed by atoms with Crippen LogP contribution in [0.4, 0.5) is 4.79 Å². The number of aliphatic carboxylic acids is 1. The maximum absolute atomic E-state index is 12.7. The fourth-order valence-corrected chi connectivity index (χ4v) is 2.66. The summed E-state index contributed by atoms with van der Waals surface area (Å²) in [5.74, 6) is -1.48. The van der Waals surface area contributed by atoms with Crippen molar-refractivity contribution in [1.29, 1.82) is 0 Å². The summed E-state index contributed by atoms with van der Waals surface area (Å²) >= 11 is 0. The third kappa shape index (κ3) is 4.22. The number of rotatable bonds is 2. The van der Waals surface area contributed by atoms with Crippen LogP contribution in [0, 0.1) is 0 Å². The Morgan fingerprint density at radius 2 is 2.13 bits per heavy atom. The molecule has 128 valence electrons. The van der Waals surface area contributed by atoms with Gasteiger partial charge in [0.2, 0.25) is 0 Å². The lowest BCUT2D eigenvalue weighted by Crippen LogP contribution is -2.57. The van der Waals surface area contributed by atoms with E-state index in [0.717, 1.165) is 0 Å². The summed E-state index contributed by atoms with van der Waals surface area (Å²) in [6, 6.07) is -1.77. The molecule has 0 aliphatic carbocycles. The minimum atomic E-state index is -1.05. The molecule has 0 radical (unpaired) electrons. The summed E-state index contributed by atoms with van der Waals surface area (Å²) < 4.78 is 5.17. The van der Waals surface area contributed by atoms with Crippen molar-refractivity contribution in [2.75, 3.05) is 13.1 Å². The van der Waals surface area contributed by atoms with Gasteiger partial charge in [0.1, 0.15) is 17.7 Å². The highest BCUT2D eigenvalue weighted by molar-refractivity contribution is 5.91. The van der Waals surface area contributed by atoms with Crippen LogP contribution in [0.1, 0.15) is 33.6 Å². The Labute approximate surface area is 134 Å². The van der Waals surface area contributed by atoms with Crippen LogP contribution in [0.15, 0.2) is 11.8 Å². The molecule has 23 heavy (non-hydrogen) atoms. The molecule has 8 heteroatoms. The highest BCUT2D eigenvalue weighted by atomic mass is 16.6. The Balaban J connectivity index is 2.13. The van der Waals surface area contributed by atoms with Crippen molar-refractivity contribution in [2.24, 2.45) is 0 Å². The maximum Gasteiger partial charge on any atom is 0.408 e. The number of fused-ring (bicyclic) bond motifs is 1. The number of carboxylic acid groups (broad SMARTS) is 1. The van der Waals surface area contributed by atoms with E-state index in [1.807, 2.05) is 0 Å². The molecule has 1 saturated heterocycles. The van der Waals surface area contributed by atoms with E-state index < -0.39 is 35.7 Å². The fraction of sp³-hybridized carbons (Fsp3) is 0.667. The minimum absolute atomic E-state index is 0.230. The van der Waals surface area contributed by atoms with E-state index in [2.05, 4.69) is 10.6 Å². The van der Waals surface area contributed by atoms with Gasteiger partial charge >= 0.3 is 12.1 Å². The average Bonchev–Trinajstić information content (AvgIpc) is 2.81. The maximum atomic E-state index is 12.7. The predicted octanol–water partition coefficient (Wildman–Crippen LogP) is 0.442. The smallest absolute Gasteiger partial charge is 0.408 e. The van der Waals surface area contributed by atoms with E-state index in [1.165, 1.54) is 4.90 Å². The second-order valence-electron chi connectivity index (χ2n) is 6.65. The van der Waals surface area contributed by atoms with Crippen LogP contribution in [-0.2, 0) is 14.3 Å².